The van der Waals surface area contributed by atoms with Gasteiger partial charge in [-0.25, -0.2) is 4.98 Å². The molecule has 29 heavy (non-hydrogen) atoms. The Morgan fingerprint density at radius 3 is 2.83 bits per heavy atom. The summed E-state index contributed by atoms with van der Waals surface area (Å²) in [6.45, 7) is 6.50. The molecule has 2 aliphatic heterocycles. The van der Waals surface area contributed by atoms with E-state index in [4.69, 9.17) is 4.74 Å². The number of imidazole rings is 1. The molecule has 0 saturated carbocycles. The van der Waals surface area contributed by atoms with Crippen molar-refractivity contribution in [3.63, 3.8) is 0 Å². The minimum absolute atomic E-state index is 0.0486. The molecule has 1 atom stereocenters. The Balaban J connectivity index is 1.34. The van der Waals surface area contributed by atoms with Crippen LogP contribution in [0, 0.1) is 5.41 Å². The van der Waals surface area contributed by atoms with Gasteiger partial charge in [-0.05, 0) is 24.8 Å². The van der Waals surface area contributed by atoms with Crippen LogP contribution in [0.15, 0.2) is 31.1 Å². The molecule has 3 aromatic rings. The lowest BCUT2D eigenvalue weighted by atomic mass is 9.76. The predicted octanol–water partition coefficient (Wildman–Crippen LogP) is 2.05. The van der Waals surface area contributed by atoms with Gasteiger partial charge in [-0.15, -0.1) is 10.2 Å². The van der Waals surface area contributed by atoms with E-state index in [0.717, 1.165) is 49.4 Å². The van der Waals surface area contributed by atoms with Gasteiger partial charge >= 0.3 is 5.97 Å². The number of carbonyl (C=O) groups excluding carboxylic acids is 1. The number of cyclic esters (lactones) is 1. The van der Waals surface area contributed by atoms with Crippen LogP contribution in [-0.2, 0) is 16.1 Å². The van der Waals surface area contributed by atoms with Crippen molar-refractivity contribution in [2.24, 2.45) is 5.41 Å². The highest BCUT2D eigenvalue weighted by Crippen LogP contribution is 2.44. The van der Waals surface area contributed by atoms with Crippen LogP contribution in [0.5, 0.6) is 0 Å². The van der Waals surface area contributed by atoms with Crippen molar-refractivity contribution >= 4 is 17.3 Å². The van der Waals surface area contributed by atoms with Gasteiger partial charge in [-0.2, -0.15) is 9.61 Å². The van der Waals surface area contributed by atoms with E-state index in [0.29, 0.717) is 12.5 Å². The van der Waals surface area contributed by atoms with Gasteiger partial charge in [0, 0.05) is 31.9 Å². The molecular weight excluding hydrogens is 370 g/mol. The highest BCUT2D eigenvalue weighted by molar-refractivity contribution is 5.80. The third-order valence-electron chi connectivity index (χ3n) is 6.22. The topological polar surface area (TPSA) is 90.4 Å². The molecule has 0 amide bonds. The smallest absolute Gasteiger partial charge is 0.312 e. The summed E-state index contributed by atoms with van der Waals surface area (Å²) < 4.78 is 9.46. The first-order chi connectivity index (χ1) is 14.0. The van der Waals surface area contributed by atoms with Crippen LogP contribution in [0.2, 0.25) is 0 Å². The van der Waals surface area contributed by atoms with Crippen LogP contribution in [-0.4, -0.2) is 54.5 Å². The Bertz CT molecular complexity index is 1020. The van der Waals surface area contributed by atoms with Crippen LogP contribution >= 0.6 is 0 Å². The lowest BCUT2D eigenvalue weighted by Gasteiger charge is -2.37. The number of ether oxygens (including phenoxy) is 1. The van der Waals surface area contributed by atoms with E-state index < -0.39 is 0 Å². The SMILES string of the molecule is CC(C)c1cc(N2CCC3(CC2)CC(Cn2ccnc2)OC3=O)c2nncn2n1. The molecule has 2 aliphatic rings. The number of hydrogen-bond donors (Lipinski definition) is 0. The molecule has 5 rings (SSSR count). The number of carbonyl (C=O) groups is 1. The van der Waals surface area contributed by atoms with Gasteiger partial charge in [0.05, 0.1) is 29.7 Å². The molecule has 0 aliphatic carbocycles. The molecule has 9 nitrogen and oxygen atoms in total. The van der Waals surface area contributed by atoms with Crippen LogP contribution in [0.1, 0.15) is 44.7 Å². The van der Waals surface area contributed by atoms with Gasteiger partial charge in [-0.3, -0.25) is 4.79 Å². The Morgan fingerprint density at radius 2 is 2.10 bits per heavy atom. The maximum absolute atomic E-state index is 12.7. The molecule has 1 unspecified atom stereocenters. The standard InChI is InChI=1S/C20H25N7O2/c1-14(2)16-9-17(18-23-22-13-27(18)24-16)26-6-3-20(4-7-26)10-15(29-19(20)28)11-25-8-5-21-12-25/h5,8-9,12-15H,3-4,6-7,10-11H2,1-2H3. The van der Waals surface area contributed by atoms with Crippen LogP contribution in [0.25, 0.3) is 5.65 Å². The first-order valence-corrected chi connectivity index (χ1v) is 10.2. The summed E-state index contributed by atoms with van der Waals surface area (Å²) >= 11 is 0. The predicted molar refractivity (Wildman–Crippen MR) is 105 cm³/mol. The van der Waals surface area contributed by atoms with Gasteiger partial charge in [-0.1, -0.05) is 13.8 Å². The fourth-order valence-electron chi connectivity index (χ4n) is 4.50. The summed E-state index contributed by atoms with van der Waals surface area (Å²) in [7, 11) is 0. The van der Waals surface area contributed by atoms with Crippen molar-refractivity contribution in [2.45, 2.75) is 51.7 Å². The molecule has 2 saturated heterocycles. The summed E-state index contributed by atoms with van der Waals surface area (Å²) in [6.07, 6.45) is 9.31. The average molecular weight is 395 g/mol. The first kappa shape index (κ1) is 18.1. The summed E-state index contributed by atoms with van der Waals surface area (Å²) in [6, 6.07) is 2.11. The number of esters is 1. The van der Waals surface area contributed by atoms with Gasteiger partial charge in [0.25, 0.3) is 0 Å². The Morgan fingerprint density at radius 1 is 1.28 bits per heavy atom. The zero-order valence-electron chi connectivity index (χ0n) is 16.7. The molecule has 0 bridgehead atoms. The van der Waals surface area contributed by atoms with E-state index in [1.807, 2.05) is 10.8 Å². The lowest BCUT2D eigenvalue weighted by Crippen LogP contribution is -2.42. The molecule has 3 aromatic heterocycles. The first-order valence-electron chi connectivity index (χ1n) is 10.2. The minimum atomic E-state index is -0.375. The van der Waals surface area contributed by atoms with Crippen LogP contribution in [0.3, 0.4) is 0 Å². The van der Waals surface area contributed by atoms with E-state index in [1.54, 1.807) is 23.4 Å². The monoisotopic (exact) mass is 395 g/mol. The quantitative estimate of drug-likeness (QED) is 0.625. The molecule has 2 fully saturated rings. The van der Waals surface area contributed by atoms with Crippen molar-refractivity contribution < 1.29 is 9.53 Å². The second-order valence-corrected chi connectivity index (χ2v) is 8.47. The fourth-order valence-corrected chi connectivity index (χ4v) is 4.50. The third kappa shape index (κ3) is 3.14. The van der Waals surface area contributed by atoms with Crippen molar-refractivity contribution in [1.82, 2.24) is 29.4 Å². The number of hydrogen-bond acceptors (Lipinski definition) is 7. The molecule has 0 radical (unpaired) electrons. The Hall–Kier alpha value is -2.97. The Labute approximate surface area is 168 Å². The zero-order valence-corrected chi connectivity index (χ0v) is 16.7. The van der Waals surface area contributed by atoms with Crippen LogP contribution in [0.4, 0.5) is 5.69 Å². The zero-order chi connectivity index (χ0) is 20.0. The van der Waals surface area contributed by atoms with Gasteiger partial charge < -0.3 is 14.2 Å². The maximum Gasteiger partial charge on any atom is 0.312 e. The van der Waals surface area contributed by atoms with Gasteiger partial charge in [0.1, 0.15) is 12.4 Å². The summed E-state index contributed by atoms with van der Waals surface area (Å²) in [5.74, 6) is 0.262. The third-order valence-corrected chi connectivity index (χ3v) is 6.22. The molecule has 0 aromatic carbocycles. The number of aromatic nitrogens is 6. The molecule has 9 heteroatoms. The molecular formula is C20H25N7O2. The minimum Gasteiger partial charge on any atom is -0.460 e. The lowest BCUT2D eigenvalue weighted by molar-refractivity contribution is -0.150. The molecule has 5 heterocycles. The fraction of sp³-hybridized carbons (Fsp3) is 0.550. The van der Waals surface area contributed by atoms with Crippen molar-refractivity contribution in [3.8, 4) is 0 Å². The van der Waals surface area contributed by atoms with Crippen LogP contribution < -0.4 is 4.90 Å². The average Bonchev–Trinajstić information content (AvgIpc) is 3.44. The second kappa shape index (κ2) is 6.82. The van der Waals surface area contributed by atoms with E-state index >= 15 is 0 Å². The number of rotatable bonds is 4. The maximum atomic E-state index is 12.7. The van der Waals surface area contributed by atoms with Gasteiger partial charge in [0.2, 0.25) is 5.65 Å². The van der Waals surface area contributed by atoms with Gasteiger partial charge in [0.15, 0.2) is 0 Å². The summed E-state index contributed by atoms with van der Waals surface area (Å²) in [4.78, 5) is 19.1. The number of fused-ring (bicyclic) bond motifs is 1. The van der Waals surface area contributed by atoms with E-state index in [-0.39, 0.29) is 17.5 Å². The van der Waals surface area contributed by atoms with Crippen molar-refractivity contribution in [1.29, 1.82) is 0 Å². The van der Waals surface area contributed by atoms with E-state index in [2.05, 4.69) is 45.1 Å². The highest BCUT2D eigenvalue weighted by Gasteiger charge is 2.50. The number of anilines is 1. The summed E-state index contributed by atoms with van der Waals surface area (Å²) in [5, 5.41) is 12.9. The van der Waals surface area contributed by atoms with Crippen molar-refractivity contribution in [2.75, 3.05) is 18.0 Å². The second-order valence-electron chi connectivity index (χ2n) is 8.47. The number of piperidine rings is 1. The Kier molecular flexibility index (Phi) is 4.25. The van der Waals surface area contributed by atoms with E-state index in [9.17, 15) is 4.79 Å². The normalized spacial score (nSPS) is 21.4. The summed E-state index contributed by atoms with van der Waals surface area (Å²) in [5.41, 5.74) is 2.43. The van der Waals surface area contributed by atoms with E-state index in [1.165, 1.54) is 0 Å². The highest BCUT2D eigenvalue weighted by atomic mass is 16.6. The molecule has 1 spiro atoms. The molecule has 0 N–H and O–H groups in total. The van der Waals surface area contributed by atoms with Crippen molar-refractivity contribution in [3.05, 3.63) is 36.8 Å². The molecule has 152 valence electrons. The largest absolute Gasteiger partial charge is 0.460 e. The number of nitrogens with zero attached hydrogens (tertiary/aromatic N) is 7.